The molecule has 0 unspecified atom stereocenters. The Labute approximate surface area is 224 Å². The number of hydrogen-bond donors (Lipinski definition) is 3. The summed E-state index contributed by atoms with van der Waals surface area (Å²) in [4.78, 5) is 12.8. The molecule has 37 heavy (non-hydrogen) atoms. The van der Waals surface area contributed by atoms with Gasteiger partial charge in [-0.1, -0.05) is 33.6 Å². The number of nitrogens with one attached hydrogen (secondary N) is 3. The van der Waals surface area contributed by atoms with Crippen molar-refractivity contribution in [3.8, 4) is 0 Å². The first-order valence-corrected chi connectivity index (χ1v) is 14.7. The number of rotatable bonds is 8. The minimum atomic E-state index is -3.80. The predicted molar refractivity (Wildman–Crippen MR) is 148 cm³/mol. The van der Waals surface area contributed by atoms with Gasteiger partial charge in [0.25, 0.3) is 26.0 Å². The van der Waals surface area contributed by atoms with E-state index in [0.29, 0.717) is 22.6 Å². The lowest BCUT2D eigenvalue weighted by atomic mass is 10.2. The van der Waals surface area contributed by atoms with Gasteiger partial charge in [-0.2, -0.15) is 0 Å². The zero-order valence-electron chi connectivity index (χ0n) is 19.5. The maximum absolute atomic E-state index is 12.6. The first kappa shape index (κ1) is 26.4. The van der Waals surface area contributed by atoms with Crippen molar-refractivity contribution in [2.24, 2.45) is 0 Å². The van der Waals surface area contributed by atoms with Crippen molar-refractivity contribution in [2.75, 3.05) is 14.8 Å². The highest BCUT2D eigenvalue weighted by Crippen LogP contribution is 2.21. The highest BCUT2D eigenvalue weighted by atomic mass is 79.9. The molecule has 4 rings (SSSR count). The molecule has 0 saturated heterocycles. The SMILES string of the molecule is Cc1ccc(S(=O)(=O)Nc2ccc(C(=O)Nc3ccc(S(=O)(=O)Nc4ccc(Br)cc4)cc3)cc2)cc1. The Kier molecular flexibility index (Phi) is 7.67. The van der Waals surface area contributed by atoms with Gasteiger partial charge in [-0.3, -0.25) is 14.2 Å². The second-order valence-corrected chi connectivity index (χ2v) is 12.4. The van der Waals surface area contributed by atoms with Gasteiger partial charge in [0.15, 0.2) is 0 Å². The molecule has 1 amide bonds. The number of anilines is 3. The number of amides is 1. The third-order valence-electron chi connectivity index (χ3n) is 5.25. The monoisotopic (exact) mass is 599 g/mol. The Morgan fingerprint density at radius 1 is 0.595 bits per heavy atom. The molecule has 0 radical (unpaired) electrons. The number of aryl methyl sites for hydroxylation is 1. The van der Waals surface area contributed by atoms with Crippen LogP contribution in [0.1, 0.15) is 15.9 Å². The lowest BCUT2D eigenvalue weighted by molar-refractivity contribution is 0.102. The molecule has 11 heteroatoms. The molecular formula is C26H22BrN3O5S2. The first-order chi connectivity index (χ1) is 17.5. The van der Waals surface area contributed by atoms with E-state index in [1.165, 1.54) is 60.7 Å². The molecule has 8 nitrogen and oxygen atoms in total. The summed E-state index contributed by atoms with van der Waals surface area (Å²) in [6.07, 6.45) is 0. The zero-order valence-corrected chi connectivity index (χ0v) is 22.7. The van der Waals surface area contributed by atoms with Gasteiger partial charge in [-0.15, -0.1) is 0 Å². The van der Waals surface area contributed by atoms with Crippen LogP contribution in [0.25, 0.3) is 0 Å². The summed E-state index contributed by atoms with van der Waals surface area (Å²) in [6, 6.07) is 24.9. The summed E-state index contributed by atoms with van der Waals surface area (Å²) in [7, 11) is -7.56. The fourth-order valence-corrected chi connectivity index (χ4v) is 5.66. The summed E-state index contributed by atoms with van der Waals surface area (Å²) < 4.78 is 56.1. The Morgan fingerprint density at radius 2 is 1.00 bits per heavy atom. The van der Waals surface area contributed by atoms with Gasteiger partial charge in [-0.25, -0.2) is 16.8 Å². The summed E-state index contributed by atoms with van der Waals surface area (Å²) in [5.74, 6) is -0.434. The number of benzene rings is 4. The standard InChI is InChI=1S/C26H22BrN3O5S2/c1-18-2-14-24(15-3-18)36(32,33)29-22-8-4-19(5-9-22)26(31)28-21-12-16-25(17-13-21)37(34,35)30-23-10-6-20(27)7-11-23/h2-17,29-30H,1H3,(H,28,31). The van der Waals surface area contributed by atoms with Gasteiger partial charge in [-0.05, 0) is 91.9 Å². The van der Waals surface area contributed by atoms with Crippen LogP contribution in [0.15, 0.2) is 111 Å². The Hall–Kier alpha value is -3.67. The second-order valence-electron chi connectivity index (χ2n) is 8.09. The average Bonchev–Trinajstić information content (AvgIpc) is 2.86. The fraction of sp³-hybridized carbons (Fsp3) is 0.0385. The third kappa shape index (κ3) is 6.76. The molecule has 0 atom stereocenters. The van der Waals surface area contributed by atoms with Crippen molar-refractivity contribution in [3.63, 3.8) is 0 Å². The first-order valence-electron chi connectivity index (χ1n) is 10.9. The van der Waals surface area contributed by atoms with E-state index in [-0.39, 0.29) is 9.79 Å². The van der Waals surface area contributed by atoms with E-state index in [9.17, 15) is 21.6 Å². The number of carbonyl (C=O) groups excluding carboxylic acids is 1. The van der Waals surface area contributed by atoms with E-state index >= 15 is 0 Å². The minimum Gasteiger partial charge on any atom is -0.322 e. The molecular weight excluding hydrogens is 578 g/mol. The van der Waals surface area contributed by atoms with Crippen molar-refractivity contribution in [1.29, 1.82) is 0 Å². The normalized spacial score (nSPS) is 11.5. The van der Waals surface area contributed by atoms with Gasteiger partial charge in [0.1, 0.15) is 0 Å². The van der Waals surface area contributed by atoms with Gasteiger partial charge < -0.3 is 5.32 Å². The van der Waals surface area contributed by atoms with E-state index in [1.54, 1.807) is 36.4 Å². The number of carbonyl (C=O) groups is 1. The molecule has 0 bridgehead atoms. The van der Waals surface area contributed by atoms with Gasteiger partial charge in [0.05, 0.1) is 9.79 Å². The van der Waals surface area contributed by atoms with Crippen molar-refractivity contribution in [1.82, 2.24) is 0 Å². The molecule has 0 aliphatic rings. The van der Waals surface area contributed by atoms with Crippen molar-refractivity contribution in [3.05, 3.63) is 113 Å². The van der Waals surface area contributed by atoms with E-state index in [0.717, 1.165) is 10.0 Å². The van der Waals surface area contributed by atoms with E-state index in [1.807, 2.05) is 6.92 Å². The number of halogens is 1. The Balaban J connectivity index is 1.39. The number of hydrogen-bond acceptors (Lipinski definition) is 5. The average molecular weight is 601 g/mol. The molecule has 190 valence electrons. The molecule has 0 aliphatic heterocycles. The summed E-state index contributed by atoms with van der Waals surface area (Å²) in [6.45, 7) is 1.87. The molecule has 4 aromatic rings. The van der Waals surface area contributed by atoms with Crippen molar-refractivity contribution >= 4 is 58.9 Å². The van der Waals surface area contributed by atoms with Crippen LogP contribution in [0, 0.1) is 6.92 Å². The van der Waals surface area contributed by atoms with Gasteiger partial charge in [0, 0.05) is 27.1 Å². The maximum atomic E-state index is 12.6. The zero-order chi connectivity index (χ0) is 26.6. The molecule has 0 aromatic heterocycles. The molecule has 0 aliphatic carbocycles. The van der Waals surface area contributed by atoms with E-state index < -0.39 is 26.0 Å². The smallest absolute Gasteiger partial charge is 0.261 e. The van der Waals surface area contributed by atoms with Crippen LogP contribution < -0.4 is 14.8 Å². The lowest BCUT2D eigenvalue weighted by Gasteiger charge is -2.11. The molecule has 0 heterocycles. The van der Waals surface area contributed by atoms with Crippen LogP contribution in [0.4, 0.5) is 17.1 Å². The fourth-order valence-electron chi connectivity index (χ4n) is 3.27. The van der Waals surface area contributed by atoms with Crippen molar-refractivity contribution in [2.45, 2.75) is 16.7 Å². The third-order valence-corrected chi connectivity index (χ3v) is 8.57. The lowest BCUT2D eigenvalue weighted by Crippen LogP contribution is -2.15. The Morgan fingerprint density at radius 3 is 1.49 bits per heavy atom. The minimum absolute atomic E-state index is 0.0404. The van der Waals surface area contributed by atoms with E-state index in [2.05, 4.69) is 30.7 Å². The van der Waals surface area contributed by atoms with Gasteiger partial charge in [0.2, 0.25) is 0 Å². The molecule has 0 fully saturated rings. The number of sulfonamides is 2. The van der Waals surface area contributed by atoms with Gasteiger partial charge >= 0.3 is 0 Å². The topological polar surface area (TPSA) is 121 Å². The van der Waals surface area contributed by atoms with Crippen LogP contribution >= 0.6 is 15.9 Å². The second kappa shape index (κ2) is 10.8. The summed E-state index contributed by atoms with van der Waals surface area (Å²) in [5.41, 5.74) is 2.38. The quantitative estimate of drug-likeness (QED) is 0.243. The molecule has 3 N–H and O–H groups in total. The largest absolute Gasteiger partial charge is 0.322 e. The molecule has 4 aromatic carbocycles. The maximum Gasteiger partial charge on any atom is 0.261 e. The molecule has 0 saturated carbocycles. The van der Waals surface area contributed by atoms with E-state index in [4.69, 9.17) is 0 Å². The Bertz CT molecular complexity index is 1620. The summed E-state index contributed by atoms with van der Waals surface area (Å²) >= 11 is 3.30. The highest BCUT2D eigenvalue weighted by Gasteiger charge is 2.16. The van der Waals surface area contributed by atoms with Crippen LogP contribution in [0.5, 0.6) is 0 Å². The highest BCUT2D eigenvalue weighted by molar-refractivity contribution is 9.10. The van der Waals surface area contributed by atoms with Crippen LogP contribution in [-0.4, -0.2) is 22.7 Å². The predicted octanol–water partition coefficient (Wildman–Crippen LogP) is 5.61. The van der Waals surface area contributed by atoms with Crippen LogP contribution in [-0.2, 0) is 20.0 Å². The summed E-state index contributed by atoms with van der Waals surface area (Å²) in [5, 5.41) is 2.69. The van der Waals surface area contributed by atoms with Crippen LogP contribution in [0.3, 0.4) is 0 Å². The van der Waals surface area contributed by atoms with Crippen LogP contribution in [0.2, 0.25) is 0 Å². The van der Waals surface area contributed by atoms with Crippen molar-refractivity contribution < 1.29 is 21.6 Å². The molecule has 0 spiro atoms.